The lowest BCUT2D eigenvalue weighted by Gasteiger charge is -2.41. The molecule has 1 fully saturated rings. The quantitative estimate of drug-likeness (QED) is 0.672. The Kier molecular flexibility index (Phi) is 5.15. The Labute approximate surface area is 179 Å². The second-order valence-electron chi connectivity index (χ2n) is 8.30. The van der Waals surface area contributed by atoms with E-state index in [1.54, 1.807) is 18.2 Å². The number of H-pyrrole nitrogens is 1. The number of amides is 1. The highest BCUT2D eigenvalue weighted by molar-refractivity contribution is 5.94. The van der Waals surface area contributed by atoms with Gasteiger partial charge >= 0.3 is 5.76 Å². The van der Waals surface area contributed by atoms with Gasteiger partial charge in [0.1, 0.15) is 5.75 Å². The van der Waals surface area contributed by atoms with Crippen LogP contribution >= 0.6 is 0 Å². The monoisotopic (exact) mass is 422 g/mol. The molecule has 2 aromatic carbocycles. The molecule has 5 rings (SSSR count). The van der Waals surface area contributed by atoms with E-state index >= 15 is 0 Å². The number of rotatable bonds is 4. The SMILES string of the molecule is C[C@@H]1CN(CC(=O)Nc2ccc3[nH]c(=O)oc3c2)CCN1c1ccc2c(c1)CCCO2. The summed E-state index contributed by atoms with van der Waals surface area (Å²) in [6, 6.07) is 11.9. The van der Waals surface area contributed by atoms with Crippen molar-refractivity contribution in [2.24, 2.45) is 0 Å². The fourth-order valence-corrected chi connectivity index (χ4v) is 4.51. The highest BCUT2D eigenvalue weighted by Gasteiger charge is 2.26. The molecule has 0 radical (unpaired) electrons. The molecule has 3 aromatic rings. The Morgan fingerprint density at radius 2 is 2.13 bits per heavy atom. The number of nitrogens with zero attached hydrogens (tertiary/aromatic N) is 2. The molecule has 2 aliphatic rings. The summed E-state index contributed by atoms with van der Waals surface area (Å²) in [5, 5.41) is 2.90. The highest BCUT2D eigenvalue weighted by Crippen LogP contribution is 2.30. The molecule has 2 N–H and O–H groups in total. The minimum absolute atomic E-state index is 0.0798. The number of hydrogen-bond donors (Lipinski definition) is 2. The van der Waals surface area contributed by atoms with Gasteiger partial charge in [-0.1, -0.05) is 0 Å². The number of aromatic nitrogens is 1. The van der Waals surface area contributed by atoms with E-state index in [1.165, 1.54) is 11.3 Å². The topological polar surface area (TPSA) is 90.8 Å². The molecule has 8 heteroatoms. The molecule has 162 valence electrons. The van der Waals surface area contributed by atoms with Crippen molar-refractivity contribution in [2.45, 2.75) is 25.8 Å². The summed E-state index contributed by atoms with van der Waals surface area (Å²) in [6.45, 7) is 5.82. The lowest BCUT2D eigenvalue weighted by molar-refractivity contribution is -0.117. The van der Waals surface area contributed by atoms with Crippen molar-refractivity contribution in [3.63, 3.8) is 0 Å². The molecule has 31 heavy (non-hydrogen) atoms. The number of aromatic amines is 1. The van der Waals surface area contributed by atoms with Gasteiger partial charge in [-0.15, -0.1) is 0 Å². The van der Waals surface area contributed by atoms with Gasteiger partial charge < -0.3 is 19.4 Å². The van der Waals surface area contributed by atoms with E-state index in [4.69, 9.17) is 9.15 Å². The summed E-state index contributed by atoms with van der Waals surface area (Å²) in [5.41, 5.74) is 4.17. The molecule has 3 heterocycles. The molecule has 1 amide bonds. The molecule has 0 aliphatic carbocycles. The average molecular weight is 422 g/mol. The number of anilines is 2. The molecule has 1 aromatic heterocycles. The van der Waals surface area contributed by atoms with Crippen molar-refractivity contribution in [3.05, 3.63) is 52.5 Å². The molecule has 0 bridgehead atoms. The van der Waals surface area contributed by atoms with Crippen molar-refractivity contribution in [1.29, 1.82) is 0 Å². The third-order valence-electron chi connectivity index (χ3n) is 6.01. The molecule has 2 aliphatic heterocycles. The highest BCUT2D eigenvalue weighted by atomic mass is 16.5. The van der Waals surface area contributed by atoms with Crippen molar-refractivity contribution >= 4 is 28.4 Å². The molecule has 8 nitrogen and oxygen atoms in total. The van der Waals surface area contributed by atoms with Crippen molar-refractivity contribution in [1.82, 2.24) is 9.88 Å². The Morgan fingerprint density at radius 3 is 3.00 bits per heavy atom. The van der Waals surface area contributed by atoms with Crippen LogP contribution in [0.5, 0.6) is 5.75 Å². The number of piperazine rings is 1. The van der Waals surface area contributed by atoms with Crippen LogP contribution in [0.25, 0.3) is 11.1 Å². The number of oxazole rings is 1. The first-order chi connectivity index (χ1) is 15.0. The van der Waals surface area contributed by atoms with Crippen LogP contribution in [0.1, 0.15) is 18.9 Å². The third kappa shape index (κ3) is 4.16. The van der Waals surface area contributed by atoms with Crippen LogP contribution in [0.4, 0.5) is 11.4 Å². The molecule has 1 saturated heterocycles. The summed E-state index contributed by atoms with van der Waals surface area (Å²) in [6.07, 6.45) is 2.13. The van der Waals surface area contributed by atoms with Gasteiger partial charge in [-0.2, -0.15) is 0 Å². The van der Waals surface area contributed by atoms with Crippen molar-refractivity contribution in [3.8, 4) is 5.75 Å². The van der Waals surface area contributed by atoms with Crippen LogP contribution in [0.15, 0.2) is 45.6 Å². The van der Waals surface area contributed by atoms with Gasteiger partial charge in [0.15, 0.2) is 5.58 Å². The second kappa shape index (κ2) is 8.11. The number of carbonyl (C=O) groups is 1. The van der Waals surface area contributed by atoms with E-state index < -0.39 is 5.76 Å². The molecule has 0 unspecified atom stereocenters. The number of carbonyl (C=O) groups excluding carboxylic acids is 1. The van der Waals surface area contributed by atoms with Crippen LogP contribution in [0.2, 0.25) is 0 Å². The van der Waals surface area contributed by atoms with E-state index in [9.17, 15) is 9.59 Å². The molecule has 0 spiro atoms. The number of hydrogen-bond acceptors (Lipinski definition) is 6. The Bertz CT molecular complexity index is 1170. The summed E-state index contributed by atoms with van der Waals surface area (Å²) < 4.78 is 10.8. The first-order valence-corrected chi connectivity index (χ1v) is 10.7. The smallest absolute Gasteiger partial charge is 0.417 e. The Morgan fingerprint density at radius 1 is 1.23 bits per heavy atom. The van der Waals surface area contributed by atoms with Gasteiger partial charge in [-0.25, -0.2) is 4.79 Å². The minimum Gasteiger partial charge on any atom is -0.493 e. The van der Waals surface area contributed by atoms with E-state index in [2.05, 4.69) is 45.2 Å². The summed E-state index contributed by atoms with van der Waals surface area (Å²) in [7, 11) is 0. The average Bonchev–Trinajstić information content (AvgIpc) is 3.13. The standard InChI is InChI=1S/C23H26N4O4/c1-15-13-26(8-9-27(15)18-5-7-20-16(11-18)3-2-10-30-20)14-22(28)24-17-4-6-19-21(12-17)31-23(29)25-19/h4-7,11-12,15H,2-3,8-10,13-14H2,1H3,(H,24,28)(H,25,29)/t15-/m1/s1. The van der Waals surface area contributed by atoms with Crippen molar-refractivity contribution in [2.75, 3.05) is 43.0 Å². The zero-order valence-corrected chi connectivity index (χ0v) is 17.5. The predicted molar refractivity (Wildman–Crippen MR) is 119 cm³/mol. The van der Waals surface area contributed by atoms with Crippen LogP contribution in [0, 0.1) is 0 Å². The number of fused-ring (bicyclic) bond motifs is 2. The van der Waals surface area contributed by atoms with E-state index in [-0.39, 0.29) is 5.91 Å². The summed E-state index contributed by atoms with van der Waals surface area (Å²) in [5.74, 6) is 0.427. The van der Waals surface area contributed by atoms with E-state index in [1.807, 2.05) is 0 Å². The summed E-state index contributed by atoms with van der Waals surface area (Å²) in [4.78, 5) is 31.0. The second-order valence-corrected chi connectivity index (χ2v) is 8.30. The minimum atomic E-state index is -0.503. The zero-order valence-electron chi connectivity index (χ0n) is 17.5. The van der Waals surface area contributed by atoms with Crippen LogP contribution < -0.4 is 20.7 Å². The molecule has 1 atom stereocenters. The fraction of sp³-hybridized carbons (Fsp3) is 0.391. The first-order valence-electron chi connectivity index (χ1n) is 10.7. The van der Waals surface area contributed by atoms with Crippen LogP contribution in [0.3, 0.4) is 0 Å². The van der Waals surface area contributed by atoms with Gasteiger partial charge in [-0.3, -0.25) is 14.7 Å². The molecular weight excluding hydrogens is 396 g/mol. The number of ether oxygens (including phenoxy) is 1. The molecule has 0 saturated carbocycles. The van der Waals surface area contributed by atoms with Crippen molar-refractivity contribution < 1.29 is 13.9 Å². The maximum atomic E-state index is 12.6. The van der Waals surface area contributed by atoms with Crippen LogP contribution in [-0.4, -0.2) is 54.6 Å². The fourth-order valence-electron chi connectivity index (χ4n) is 4.51. The normalized spacial score (nSPS) is 19.1. The summed E-state index contributed by atoms with van der Waals surface area (Å²) >= 11 is 0. The Hall–Kier alpha value is -3.26. The van der Waals surface area contributed by atoms with E-state index in [0.717, 1.165) is 44.8 Å². The number of nitrogens with one attached hydrogen (secondary N) is 2. The zero-order chi connectivity index (χ0) is 21.4. The number of benzene rings is 2. The maximum Gasteiger partial charge on any atom is 0.417 e. The van der Waals surface area contributed by atoms with Gasteiger partial charge in [-0.05, 0) is 55.7 Å². The lowest BCUT2D eigenvalue weighted by Crippen LogP contribution is -2.53. The molecular formula is C23H26N4O4. The lowest BCUT2D eigenvalue weighted by atomic mass is 10.0. The van der Waals surface area contributed by atoms with Crippen LogP contribution in [-0.2, 0) is 11.2 Å². The van der Waals surface area contributed by atoms with Gasteiger partial charge in [0.05, 0.1) is 18.7 Å². The number of aryl methyl sites for hydroxylation is 1. The van der Waals surface area contributed by atoms with Gasteiger partial charge in [0.25, 0.3) is 0 Å². The predicted octanol–water partition coefficient (Wildman–Crippen LogP) is 2.60. The van der Waals surface area contributed by atoms with Gasteiger partial charge in [0, 0.05) is 43.1 Å². The Balaban J connectivity index is 1.19. The third-order valence-corrected chi connectivity index (χ3v) is 6.01. The largest absolute Gasteiger partial charge is 0.493 e. The first kappa shape index (κ1) is 19.7. The van der Waals surface area contributed by atoms with E-state index in [0.29, 0.717) is 29.4 Å². The maximum absolute atomic E-state index is 12.6. The van der Waals surface area contributed by atoms with Gasteiger partial charge in [0.2, 0.25) is 5.91 Å².